The molecule has 0 unspecified atom stereocenters. The summed E-state index contributed by atoms with van der Waals surface area (Å²) >= 11 is 0. The van der Waals surface area contributed by atoms with Gasteiger partial charge in [0.05, 0.1) is 10.5 Å². The Hall–Kier alpha value is -1.99. The van der Waals surface area contributed by atoms with Crippen LogP contribution in [0.4, 0.5) is 23.2 Å². The summed E-state index contributed by atoms with van der Waals surface area (Å²) in [4.78, 5) is 20.1. The Morgan fingerprint density at radius 2 is 1.88 bits per heavy atom. The van der Waals surface area contributed by atoms with E-state index in [1.54, 1.807) is 0 Å². The predicted molar refractivity (Wildman–Crippen MR) is 48.1 cm³/mol. The Kier molecular flexibility index (Phi) is 3.16. The maximum absolute atomic E-state index is 13.1. The molecule has 1 aromatic carbocycles. The maximum Gasteiger partial charge on any atom is 0.423 e. The number of halogens is 4. The molecule has 0 saturated carbocycles. The zero-order valence-electron chi connectivity index (χ0n) is 8.34. The number of rotatable bonds is 2. The average molecular weight is 251 g/mol. The van der Waals surface area contributed by atoms with Gasteiger partial charge < -0.3 is 0 Å². The van der Waals surface area contributed by atoms with E-state index in [1.165, 1.54) is 0 Å². The van der Waals surface area contributed by atoms with Crippen molar-refractivity contribution < 1.29 is 27.3 Å². The van der Waals surface area contributed by atoms with Crippen molar-refractivity contribution in [2.45, 2.75) is 13.1 Å². The minimum atomic E-state index is -5.18. The highest BCUT2D eigenvalue weighted by Gasteiger charge is 2.43. The molecular weight excluding hydrogens is 246 g/mol. The van der Waals surface area contributed by atoms with Gasteiger partial charge in [-0.2, -0.15) is 13.2 Å². The highest BCUT2D eigenvalue weighted by molar-refractivity contribution is 5.97. The second-order valence-electron chi connectivity index (χ2n) is 3.13. The molecule has 0 aliphatic heterocycles. The van der Waals surface area contributed by atoms with E-state index in [0.29, 0.717) is 19.1 Å². The largest absolute Gasteiger partial charge is 0.423 e. The quantitative estimate of drug-likeness (QED) is 0.351. The molecule has 0 spiro atoms. The van der Waals surface area contributed by atoms with Crippen LogP contribution < -0.4 is 0 Å². The molecule has 8 heteroatoms. The Morgan fingerprint density at radius 1 is 1.35 bits per heavy atom. The molecular formula is C9H5F4NO3. The van der Waals surface area contributed by atoms with Crippen LogP contribution in [0.1, 0.15) is 22.8 Å². The van der Waals surface area contributed by atoms with Crippen LogP contribution in [0.2, 0.25) is 0 Å². The summed E-state index contributed by atoms with van der Waals surface area (Å²) in [7, 11) is 0. The van der Waals surface area contributed by atoms with Crippen molar-refractivity contribution in [3.05, 3.63) is 39.2 Å². The smallest absolute Gasteiger partial charge is 0.294 e. The summed E-state index contributed by atoms with van der Waals surface area (Å²) in [6.07, 6.45) is -5.18. The van der Waals surface area contributed by atoms with Crippen molar-refractivity contribution in [3.8, 4) is 0 Å². The second kappa shape index (κ2) is 4.11. The molecule has 17 heavy (non-hydrogen) atoms. The lowest BCUT2D eigenvalue weighted by Gasteiger charge is -2.11. The van der Waals surface area contributed by atoms with Gasteiger partial charge in [-0.05, 0) is 13.0 Å². The topological polar surface area (TPSA) is 60.2 Å². The zero-order valence-corrected chi connectivity index (χ0v) is 8.34. The van der Waals surface area contributed by atoms with Crippen LogP contribution >= 0.6 is 0 Å². The molecule has 0 amide bonds. The van der Waals surface area contributed by atoms with E-state index < -0.39 is 39.5 Å². The third kappa shape index (κ3) is 2.40. The van der Waals surface area contributed by atoms with Crippen LogP contribution in [0.3, 0.4) is 0 Å². The Balaban J connectivity index is 3.75. The Labute approximate surface area is 92.0 Å². The van der Waals surface area contributed by atoms with Gasteiger partial charge in [0.25, 0.3) is 5.69 Å². The van der Waals surface area contributed by atoms with Crippen molar-refractivity contribution >= 4 is 11.5 Å². The van der Waals surface area contributed by atoms with Crippen LogP contribution in [-0.2, 0) is 6.18 Å². The first-order chi connectivity index (χ1) is 7.66. The van der Waals surface area contributed by atoms with Gasteiger partial charge in [0.1, 0.15) is 11.4 Å². The second-order valence-corrected chi connectivity index (χ2v) is 3.13. The SMILES string of the molecule is CC(=O)c1c(F)ccc([N+](=O)[O-])c1C(F)(F)F. The van der Waals surface area contributed by atoms with Gasteiger partial charge in [0, 0.05) is 6.07 Å². The Bertz CT molecular complexity index is 496. The molecule has 0 saturated heterocycles. The monoisotopic (exact) mass is 251 g/mol. The lowest BCUT2D eigenvalue weighted by Crippen LogP contribution is -2.16. The van der Waals surface area contributed by atoms with Crippen molar-refractivity contribution in [3.63, 3.8) is 0 Å². The number of benzene rings is 1. The molecule has 0 aromatic heterocycles. The number of nitro groups is 1. The summed E-state index contributed by atoms with van der Waals surface area (Å²) in [6.45, 7) is 0.706. The molecule has 0 bridgehead atoms. The molecule has 0 aliphatic carbocycles. The normalized spacial score (nSPS) is 11.4. The molecule has 0 atom stereocenters. The third-order valence-corrected chi connectivity index (χ3v) is 1.96. The first-order valence-corrected chi connectivity index (χ1v) is 4.21. The lowest BCUT2D eigenvalue weighted by atomic mass is 10.0. The van der Waals surface area contributed by atoms with Crippen molar-refractivity contribution in [1.82, 2.24) is 0 Å². The summed E-state index contributed by atoms with van der Waals surface area (Å²) < 4.78 is 50.9. The van der Waals surface area contributed by atoms with E-state index in [4.69, 9.17) is 0 Å². The first kappa shape index (κ1) is 13.1. The van der Waals surface area contributed by atoms with E-state index in [9.17, 15) is 32.5 Å². The van der Waals surface area contributed by atoms with E-state index in [0.717, 1.165) is 0 Å². The molecule has 1 rings (SSSR count). The number of nitro benzene ring substituents is 1. The van der Waals surface area contributed by atoms with Crippen LogP contribution in [-0.4, -0.2) is 10.7 Å². The minimum Gasteiger partial charge on any atom is -0.294 e. The average Bonchev–Trinajstić information content (AvgIpc) is 2.14. The van der Waals surface area contributed by atoms with Crippen molar-refractivity contribution in [2.75, 3.05) is 0 Å². The molecule has 0 N–H and O–H groups in total. The van der Waals surface area contributed by atoms with Gasteiger partial charge in [-0.15, -0.1) is 0 Å². The molecule has 4 nitrogen and oxygen atoms in total. The van der Waals surface area contributed by atoms with E-state index >= 15 is 0 Å². The minimum absolute atomic E-state index is 0.380. The van der Waals surface area contributed by atoms with E-state index in [2.05, 4.69) is 0 Å². The van der Waals surface area contributed by atoms with Crippen molar-refractivity contribution in [1.29, 1.82) is 0 Å². The predicted octanol–water partition coefficient (Wildman–Crippen LogP) is 2.96. The highest BCUT2D eigenvalue weighted by atomic mass is 19.4. The number of hydrogen-bond donors (Lipinski definition) is 0. The fraction of sp³-hybridized carbons (Fsp3) is 0.222. The standard InChI is InChI=1S/C9H5F4NO3/c1-4(15)7-5(10)2-3-6(14(16)17)8(7)9(11,12)13/h2-3H,1H3. The first-order valence-electron chi connectivity index (χ1n) is 4.21. The number of ketones is 1. The zero-order chi connectivity index (χ0) is 13.4. The van der Waals surface area contributed by atoms with E-state index in [-0.39, 0.29) is 0 Å². The summed E-state index contributed by atoms with van der Waals surface area (Å²) in [5.74, 6) is -2.66. The molecule has 1 aromatic rings. The molecule has 0 aliphatic rings. The van der Waals surface area contributed by atoms with Crippen LogP contribution in [0.15, 0.2) is 12.1 Å². The fourth-order valence-corrected chi connectivity index (χ4v) is 1.35. The summed E-state index contributed by atoms with van der Waals surface area (Å²) in [5.41, 5.74) is -4.51. The summed E-state index contributed by atoms with van der Waals surface area (Å²) in [6, 6.07) is 0.842. The van der Waals surface area contributed by atoms with E-state index in [1.807, 2.05) is 0 Å². The number of hydrogen-bond acceptors (Lipinski definition) is 3. The molecule has 0 heterocycles. The van der Waals surface area contributed by atoms with Gasteiger partial charge in [0.2, 0.25) is 0 Å². The van der Waals surface area contributed by atoms with Gasteiger partial charge in [-0.3, -0.25) is 14.9 Å². The van der Waals surface area contributed by atoms with Crippen molar-refractivity contribution in [2.24, 2.45) is 0 Å². The van der Waals surface area contributed by atoms with Gasteiger partial charge in [0.15, 0.2) is 5.78 Å². The van der Waals surface area contributed by atoms with Gasteiger partial charge in [-0.25, -0.2) is 4.39 Å². The van der Waals surface area contributed by atoms with Crippen LogP contribution in [0.25, 0.3) is 0 Å². The molecule has 92 valence electrons. The third-order valence-electron chi connectivity index (χ3n) is 1.96. The van der Waals surface area contributed by atoms with Crippen LogP contribution in [0, 0.1) is 15.9 Å². The summed E-state index contributed by atoms with van der Waals surface area (Å²) in [5, 5.41) is 10.4. The number of carbonyl (C=O) groups is 1. The number of nitrogens with zero attached hydrogens (tertiary/aromatic N) is 1. The van der Waals surface area contributed by atoms with Gasteiger partial charge in [-0.1, -0.05) is 0 Å². The fourth-order valence-electron chi connectivity index (χ4n) is 1.35. The Morgan fingerprint density at radius 3 is 2.24 bits per heavy atom. The maximum atomic E-state index is 13.1. The molecule has 0 fully saturated rings. The number of Topliss-reactive ketones (excluding diaryl/α,β-unsaturated/α-hetero) is 1. The molecule has 0 radical (unpaired) electrons. The van der Waals surface area contributed by atoms with Gasteiger partial charge >= 0.3 is 6.18 Å². The number of carbonyl (C=O) groups excluding carboxylic acids is 1. The highest BCUT2D eigenvalue weighted by Crippen LogP contribution is 2.39. The van der Waals surface area contributed by atoms with Crippen LogP contribution in [0.5, 0.6) is 0 Å². The number of alkyl halides is 3. The lowest BCUT2D eigenvalue weighted by molar-refractivity contribution is -0.388.